The number of nitrogens with zero attached hydrogens (tertiary/aromatic N) is 1. The zero-order valence-electron chi connectivity index (χ0n) is 11.0. The number of nitrogens with two attached hydrogens (primary N) is 1. The molecule has 0 aliphatic heterocycles. The fourth-order valence-corrected chi connectivity index (χ4v) is 2.45. The molecule has 1 aromatic rings. The molecule has 0 spiro atoms. The molecule has 100 valence electrons. The minimum atomic E-state index is 0.288. The van der Waals surface area contributed by atoms with Crippen LogP contribution in [0.3, 0.4) is 0 Å². The Labute approximate surface area is 108 Å². The molecule has 2 unspecified atom stereocenters. The van der Waals surface area contributed by atoms with Crippen molar-refractivity contribution in [1.82, 2.24) is 4.98 Å². The zero-order valence-corrected chi connectivity index (χ0v) is 11.0. The van der Waals surface area contributed by atoms with Crippen LogP contribution in [0.1, 0.15) is 36.9 Å². The maximum Gasteiger partial charge on any atom is 0.0894 e. The van der Waals surface area contributed by atoms with Gasteiger partial charge in [0.1, 0.15) is 0 Å². The summed E-state index contributed by atoms with van der Waals surface area (Å²) in [6.07, 6.45) is 6.85. The van der Waals surface area contributed by atoms with Crippen LogP contribution in [0.5, 0.6) is 0 Å². The lowest BCUT2D eigenvalue weighted by atomic mass is 9.95. The third-order valence-corrected chi connectivity index (χ3v) is 3.57. The molecule has 2 N–H and O–H groups in total. The van der Waals surface area contributed by atoms with Gasteiger partial charge in [-0.1, -0.05) is 6.07 Å². The summed E-state index contributed by atoms with van der Waals surface area (Å²) in [7, 11) is 1.78. The van der Waals surface area contributed by atoms with E-state index in [0.717, 1.165) is 30.5 Å². The predicted molar refractivity (Wildman–Crippen MR) is 70.0 cm³/mol. The van der Waals surface area contributed by atoms with E-state index in [2.05, 4.69) is 4.98 Å². The first-order valence-electron chi connectivity index (χ1n) is 6.60. The predicted octanol–water partition coefficient (Wildman–Crippen LogP) is 2.01. The maximum absolute atomic E-state index is 5.95. The van der Waals surface area contributed by atoms with Crippen LogP contribution in [0.15, 0.2) is 18.3 Å². The molecule has 0 bridgehead atoms. The van der Waals surface area contributed by atoms with E-state index in [9.17, 15) is 0 Å². The van der Waals surface area contributed by atoms with Gasteiger partial charge in [0, 0.05) is 19.9 Å². The second-order valence-corrected chi connectivity index (χ2v) is 4.77. The second kappa shape index (κ2) is 6.83. The summed E-state index contributed by atoms with van der Waals surface area (Å²) in [5.74, 6) is 0. The van der Waals surface area contributed by atoms with E-state index in [0.29, 0.717) is 19.3 Å². The number of ether oxygens (including phenoxy) is 2. The van der Waals surface area contributed by atoms with Gasteiger partial charge in [0.25, 0.3) is 0 Å². The first-order chi connectivity index (χ1) is 8.83. The van der Waals surface area contributed by atoms with Gasteiger partial charge >= 0.3 is 0 Å². The van der Waals surface area contributed by atoms with Crippen LogP contribution < -0.4 is 5.73 Å². The summed E-state index contributed by atoms with van der Waals surface area (Å²) in [5, 5.41) is 0. The van der Waals surface area contributed by atoms with E-state index in [-0.39, 0.29) is 6.10 Å². The van der Waals surface area contributed by atoms with Gasteiger partial charge in [-0.2, -0.15) is 0 Å². The fraction of sp³-hybridized carbons (Fsp3) is 0.643. The second-order valence-electron chi connectivity index (χ2n) is 4.77. The van der Waals surface area contributed by atoms with Crippen LogP contribution in [0.25, 0.3) is 0 Å². The molecule has 4 heteroatoms. The third-order valence-electron chi connectivity index (χ3n) is 3.57. The molecule has 2 atom stereocenters. The first-order valence-corrected chi connectivity index (χ1v) is 6.60. The van der Waals surface area contributed by atoms with Gasteiger partial charge in [-0.05, 0) is 37.3 Å². The lowest BCUT2D eigenvalue weighted by Crippen LogP contribution is -2.27. The molecule has 1 aliphatic carbocycles. The molecular formula is C14H22N2O2. The van der Waals surface area contributed by atoms with Crippen molar-refractivity contribution in [2.75, 3.05) is 7.11 Å². The highest BCUT2D eigenvalue weighted by molar-refractivity contribution is 5.18. The van der Waals surface area contributed by atoms with Crippen molar-refractivity contribution in [3.63, 3.8) is 0 Å². The van der Waals surface area contributed by atoms with Crippen molar-refractivity contribution in [3.05, 3.63) is 29.6 Å². The third kappa shape index (κ3) is 3.51. The van der Waals surface area contributed by atoms with Crippen LogP contribution in [0, 0.1) is 0 Å². The standard InChI is InChI=1S/C14H22N2O2/c1-17-12-5-2-6-13(8-12)18-10-14-11(9-15)4-3-7-16-14/h3-4,7,12-13H,2,5-6,8-10,15H2,1H3. The van der Waals surface area contributed by atoms with E-state index in [1.807, 2.05) is 12.1 Å². The molecule has 4 nitrogen and oxygen atoms in total. The Bertz CT molecular complexity index is 371. The Morgan fingerprint density at radius 2 is 2.22 bits per heavy atom. The number of hydrogen-bond donors (Lipinski definition) is 1. The fourth-order valence-electron chi connectivity index (χ4n) is 2.45. The molecule has 0 amide bonds. The summed E-state index contributed by atoms with van der Waals surface area (Å²) in [4.78, 5) is 4.34. The molecule has 0 saturated heterocycles. The van der Waals surface area contributed by atoms with Gasteiger partial charge in [0.2, 0.25) is 0 Å². The topological polar surface area (TPSA) is 57.4 Å². The van der Waals surface area contributed by atoms with E-state index >= 15 is 0 Å². The molecule has 0 aromatic carbocycles. The highest BCUT2D eigenvalue weighted by atomic mass is 16.5. The molecule has 1 saturated carbocycles. The van der Waals surface area contributed by atoms with E-state index in [1.54, 1.807) is 13.3 Å². The Morgan fingerprint density at radius 1 is 1.39 bits per heavy atom. The Kier molecular flexibility index (Phi) is 5.11. The average Bonchev–Trinajstić information content (AvgIpc) is 2.45. The van der Waals surface area contributed by atoms with Gasteiger partial charge in [-0.3, -0.25) is 4.98 Å². The molecule has 1 fully saturated rings. The van der Waals surface area contributed by atoms with Crippen LogP contribution in [-0.4, -0.2) is 24.3 Å². The lowest BCUT2D eigenvalue weighted by Gasteiger charge is -2.28. The van der Waals surface area contributed by atoms with Crippen molar-refractivity contribution in [2.24, 2.45) is 5.73 Å². The Hall–Kier alpha value is -0.970. The summed E-state index contributed by atoms with van der Waals surface area (Å²) < 4.78 is 11.3. The van der Waals surface area contributed by atoms with Gasteiger partial charge in [-0.15, -0.1) is 0 Å². The van der Waals surface area contributed by atoms with Crippen molar-refractivity contribution in [1.29, 1.82) is 0 Å². The minimum absolute atomic E-state index is 0.288. The monoisotopic (exact) mass is 250 g/mol. The molecule has 1 aromatic heterocycles. The molecular weight excluding hydrogens is 228 g/mol. The number of pyridine rings is 1. The van der Waals surface area contributed by atoms with Crippen molar-refractivity contribution >= 4 is 0 Å². The SMILES string of the molecule is COC1CCCC(OCc2ncccc2CN)C1. The molecule has 2 rings (SSSR count). The van der Waals surface area contributed by atoms with Crippen molar-refractivity contribution < 1.29 is 9.47 Å². The van der Waals surface area contributed by atoms with Gasteiger partial charge in [-0.25, -0.2) is 0 Å². The van der Waals surface area contributed by atoms with Gasteiger partial charge < -0.3 is 15.2 Å². The zero-order chi connectivity index (χ0) is 12.8. The normalized spacial score (nSPS) is 24.1. The molecule has 1 heterocycles. The quantitative estimate of drug-likeness (QED) is 0.868. The molecule has 1 aliphatic rings. The van der Waals surface area contributed by atoms with Crippen LogP contribution in [0.2, 0.25) is 0 Å². The lowest BCUT2D eigenvalue weighted by molar-refractivity contribution is -0.0373. The maximum atomic E-state index is 5.95. The minimum Gasteiger partial charge on any atom is -0.381 e. The van der Waals surface area contributed by atoms with Crippen molar-refractivity contribution in [3.8, 4) is 0 Å². The first kappa shape index (κ1) is 13.5. The molecule has 18 heavy (non-hydrogen) atoms. The number of rotatable bonds is 5. The molecule has 0 radical (unpaired) electrons. The highest BCUT2D eigenvalue weighted by Gasteiger charge is 2.22. The summed E-state index contributed by atoms with van der Waals surface area (Å²) in [6.45, 7) is 1.06. The van der Waals surface area contributed by atoms with Gasteiger partial charge in [0.15, 0.2) is 0 Å². The smallest absolute Gasteiger partial charge is 0.0894 e. The van der Waals surface area contributed by atoms with Crippen LogP contribution in [-0.2, 0) is 22.6 Å². The largest absolute Gasteiger partial charge is 0.381 e. The van der Waals surface area contributed by atoms with Gasteiger partial charge in [0.05, 0.1) is 24.5 Å². The van der Waals surface area contributed by atoms with E-state index < -0.39 is 0 Å². The summed E-state index contributed by atoms with van der Waals surface area (Å²) >= 11 is 0. The highest BCUT2D eigenvalue weighted by Crippen LogP contribution is 2.24. The number of methoxy groups -OCH3 is 1. The average molecular weight is 250 g/mol. The summed E-state index contributed by atoms with van der Waals surface area (Å²) in [5.41, 5.74) is 7.71. The summed E-state index contributed by atoms with van der Waals surface area (Å²) in [6, 6.07) is 3.91. The number of hydrogen-bond acceptors (Lipinski definition) is 4. The van der Waals surface area contributed by atoms with Crippen molar-refractivity contribution in [2.45, 2.75) is 51.0 Å². The van der Waals surface area contributed by atoms with Crippen LogP contribution in [0.4, 0.5) is 0 Å². The Morgan fingerprint density at radius 3 is 3.00 bits per heavy atom. The number of aromatic nitrogens is 1. The Balaban J connectivity index is 1.87. The van der Waals surface area contributed by atoms with Crippen LogP contribution >= 0.6 is 0 Å². The van der Waals surface area contributed by atoms with E-state index in [4.69, 9.17) is 15.2 Å². The van der Waals surface area contributed by atoms with E-state index in [1.165, 1.54) is 6.42 Å².